The van der Waals surface area contributed by atoms with Gasteiger partial charge >= 0.3 is 27.5 Å². The highest BCUT2D eigenvalue weighted by Gasteiger charge is 2.66. The topological polar surface area (TPSA) is 89.9 Å². The molecule has 1 aliphatic heterocycles. The van der Waals surface area contributed by atoms with Crippen LogP contribution in [0.15, 0.2) is 48.5 Å². The Morgan fingerprint density at radius 3 is 1.83 bits per heavy atom. The van der Waals surface area contributed by atoms with Crippen LogP contribution in [0.4, 0.5) is 22.0 Å². The molecule has 0 saturated carbocycles. The van der Waals surface area contributed by atoms with Crippen molar-refractivity contribution in [1.29, 1.82) is 0 Å². The standard InChI is InChI=1S/C17H11F5O6S/c18-16(19,20)15(17(21,22)29(24,25)26)28-14(23)13-9-5-1-3-7-11(9)27-12-8-4-2-6-10(12)13/h1-8,13,15H,(H,24,25,26). The number of carbonyl (C=O) groups is 1. The van der Waals surface area contributed by atoms with Crippen molar-refractivity contribution in [3.63, 3.8) is 0 Å². The van der Waals surface area contributed by atoms with Crippen LogP contribution in [0.3, 0.4) is 0 Å². The lowest BCUT2D eigenvalue weighted by atomic mass is 9.88. The van der Waals surface area contributed by atoms with Gasteiger partial charge in [0.15, 0.2) is 0 Å². The van der Waals surface area contributed by atoms with Gasteiger partial charge in [0.25, 0.3) is 6.10 Å². The van der Waals surface area contributed by atoms with Crippen molar-refractivity contribution in [3.8, 4) is 11.5 Å². The monoisotopic (exact) mass is 438 g/mol. The summed E-state index contributed by atoms with van der Waals surface area (Å²) in [6, 6.07) is 11.3. The van der Waals surface area contributed by atoms with Crippen LogP contribution in [-0.2, 0) is 19.6 Å². The molecule has 0 spiro atoms. The zero-order valence-corrected chi connectivity index (χ0v) is 14.9. The van der Waals surface area contributed by atoms with Crippen molar-refractivity contribution in [2.24, 2.45) is 0 Å². The van der Waals surface area contributed by atoms with Gasteiger partial charge in [-0.25, -0.2) is 0 Å². The molecule has 1 N–H and O–H groups in total. The number of hydrogen-bond donors (Lipinski definition) is 1. The fourth-order valence-electron chi connectivity index (χ4n) is 2.81. The summed E-state index contributed by atoms with van der Waals surface area (Å²) >= 11 is 0. The first-order valence-electron chi connectivity index (χ1n) is 7.82. The van der Waals surface area contributed by atoms with Crippen LogP contribution in [0, 0.1) is 0 Å². The highest BCUT2D eigenvalue weighted by Crippen LogP contribution is 2.46. The van der Waals surface area contributed by atoms with Gasteiger partial charge in [0, 0.05) is 11.1 Å². The molecule has 2 aromatic rings. The number of rotatable bonds is 4. The molecule has 1 aliphatic rings. The number of benzene rings is 2. The predicted molar refractivity (Wildman–Crippen MR) is 87.2 cm³/mol. The smallest absolute Gasteiger partial charge is 0.432 e. The van der Waals surface area contributed by atoms with E-state index in [0.29, 0.717) is 0 Å². The first kappa shape index (κ1) is 21.0. The summed E-state index contributed by atoms with van der Waals surface area (Å²) < 4.78 is 106. The molecule has 1 atom stereocenters. The molecule has 29 heavy (non-hydrogen) atoms. The van der Waals surface area contributed by atoms with Crippen LogP contribution < -0.4 is 4.74 Å². The molecule has 6 nitrogen and oxygen atoms in total. The largest absolute Gasteiger partial charge is 0.457 e. The Morgan fingerprint density at radius 2 is 1.41 bits per heavy atom. The van der Waals surface area contributed by atoms with Crippen LogP contribution in [0.2, 0.25) is 0 Å². The SMILES string of the molecule is O=C(OC(C(F)(F)F)C(F)(F)S(=O)(=O)O)C1c2ccccc2Oc2ccccc21. The van der Waals surface area contributed by atoms with Crippen molar-refractivity contribution >= 4 is 16.1 Å². The second-order valence-corrected chi connectivity index (χ2v) is 7.50. The molecule has 0 bridgehead atoms. The summed E-state index contributed by atoms with van der Waals surface area (Å²) in [7, 11) is -6.54. The van der Waals surface area contributed by atoms with E-state index in [4.69, 9.17) is 9.29 Å². The maximum atomic E-state index is 13.8. The van der Waals surface area contributed by atoms with E-state index in [-0.39, 0.29) is 22.6 Å². The molecule has 12 heteroatoms. The average molecular weight is 438 g/mol. The number of fused-ring (bicyclic) bond motifs is 2. The molecule has 0 saturated heterocycles. The fraction of sp³-hybridized carbons (Fsp3) is 0.235. The van der Waals surface area contributed by atoms with Gasteiger partial charge in [-0.05, 0) is 12.1 Å². The molecule has 0 fully saturated rings. The van der Waals surface area contributed by atoms with Gasteiger partial charge in [-0.3, -0.25) is 9.35 Å². The van der Waals surface area contributed by atoms with Crippen LogP contribution in [0.1, 0.15) is 17.0 Å². The molecule has 1 heterocycles. The van der Waals surface area contributed by atoms with Gasteiger partial charge in [0.05, 0.1) is 0 Å². The van der Waals surface area contributed by atoms with Crippen molar-refractivity contribution in [3.05, 3.63) is 59.7 Å². The van der Waals surface area contributed by atoms with Gasteiger partial charge < -0.3 is 9.47 Å². The maximum Gasteiger partial charge on any atom is 0.432 e. The van der Waals surface area contributed by atoms with Gasteiger partial charge in [0.1, 0.15) is 17.4 Å². The maximum absolute atomic E-state index is 13.8. The number of halogens is 5. The Hall–Kier alpha value is -2.73. The van der Waals surface area contributed by atoms with Crippen molar-refractivity contribution in [2.45, 2.75) is 23.5 Å². The lowest BCUT2D eigenvalue weighted by Gasteiger charge is -2.30. The van der Waals surface area contributed by atoms with E-state index in [1.54, 1.807) is 0 Å². The minimum atomic E-state index is -6.54. The number of para-hydroxylation sites is 2. The first-order valence-corrected chi connectivity index (χ1v) is 9.26. The minimum Gasteiger partial charge on any atom is -0.457 e. The second-order valence-electron chi connectivity index (χ2n) is 6.01. The number of esters is 1. The van der Waals surface area contributed by atoms with Crippen molar-refractivity contribution in [1.82, 2.24) is 0 Å². The molecule has 1 unspecified atom stereocenters. The molecule has 3 rings (SSSR count). The zero-order valence-electron chi connectivity index (χ0n) is 14.1. The number of alkyl halides is 5. The van der Waals surface area contributed by atoms with Gasteiger partial charge in [-0.1, -0.05) is 36.4 Å². The number of hydrogen-bond acceptors (Lipinski definition) is 5. The Kier molecular flexibility index (Phi) is 5.03. The summed E-state index contributed by atoms with van der Waals surface area (Å²) in [4.78, 5) is 12.6. The summed E-state index contributed by atoms with van der Waals surface area (Å²) in [6.45, 7) is 0. The van der Waals surface area contributed by atoms with E-state index in [1.165, 1.54) is 48.5 Å². The second kappa shape index (κ2) is 6.95. The van der Waals surface area contributed by atoms with Gasteiger partial charge in [0.2, 0.25) is 0 Å². The molecule has 0 amide bonds. The minimum absolute atomic E-state index is 0.0345. The van der Waals surface area contributed by atoms with Crippen LogP contribution in [0.5, 0.6) is 11.5 Å². The Balaban J connectivity index is 2.06. The lowest BCUT2D eigenvalue weighted by Crippen LogP contribution is -2.52. The van der Waals surface area contributed by atoms with Crippen LogP contribution in [0.25, 0.3) is 0 Å². The molecular formula is C17H11F5O6S. The Bertz CT molecular complexity index is 1000. The fourth-order valence-corrected chi connectivity index (χ4v) is 3.26. The van der Waals surface area contributed by atoms with E-state index >= 15 is 0 Å². The average Bonchev–Trinajstić information content (AvgIpc) is 2.61. The highest BCUT2D eigenvalue weighted by molar-refractivity contribution is 7.86. The van der Waals surface area contributed by atoms with E-state index < -0.39 is 39.5 Å². The summed E-state index contributed by atoms with van der Waals surface area (Å²) in [6.07, 6.45) is -10.4. The third-order valence-corrected chi connectivity index (χ3v) is 5.00. The van der Waals surface area contributed by atoms with Crippen LogP contribution in [-0.4, -0.2) is 36.5 Å². The first-order chi connectivity index (χ1) is 13.3. The third kappa shape index (κ3) is 3.77. The normalized spacial score (nSPS) is 15.7. The summed E-state index contributed by atoms with van der Waals surface area (Å²) in [5.41, 5.74) is 0.0691. The van der Waals surface area contributed by atoms with Gasteiger partial charge in [-0.15, -0.1) is 0 Å². The van der Waals surface area contributed by atoms with E-state index in [0.717, 1.165) is 0 Å². The lowest BCUT2D eigenvalue weighted by molar-refractivity contribution is -0.259. The number of carbonyl (C=O) groups excluding carboxylic acids is 1. The summed E-state index contributed by atoms with van der Waals surface area (Å²) in [5, 5.41) is -5.81. The third-order valence-electron chi connectivity index (χ3n) is 4.10. The Labute approximate surface area is 160 Å². The number of ether oxygens (including phenoxy) is 2. The van der Waals surface area contributed by atoms with E-state index in [2.05, 4.69) is 4.74 Å². The molecule has 2 aromatic carbocycles. The molecule has 156 valence electrons. The van der Waals surface area contributed by atoms with E-state index in [1.807, 2.05) is 0 Å². The van der Waals surface area contributed by atoms with Crippen molar-refractivity contribution in [2.75, 3.05) is 0 Å². The van der Waals surface area contributed by atoms with Crippen molar-refractivity contribution < 1.29 is 49.2 Å². The molecule has 0 radical (unpaired) electrons. The zero-order chi connectivity index (χ0) is 21.6. The molecule has 0 aliphatic carbocycles. The summed E-state index contributed by atoms with van der Waals surface area (Å²) in [5.74, 6) is -3.23. The van der Waals surface area contributed by atoms with E-state index in [9.17, 15) is 35.2 Å². The molecule has 0 aromatic heterocycles. The van der Waals surface area contributed by atoms with Gasteiger partial charge in [-0.2, -0.15) is 30.4 Å². The molecular weight excluding hydrogens is 427 g/mol. The predicted octanol–water partition coefficient (Wildman–Crippen LogP) is 3.88. The highest BCUT2D eigenvalue weighted by atomic mass is 32.2. The quantitative estimate of drug-likeness (QED) is 0.443. The van der Waals surface area contributed by atoms with Crippen LogP contribution >= 0.6 is 0 Å². The Morgan fingerprint density at radius 1 is 0.966 bits per heavy atom.